The van der Waals surface area contributed by atoms with Crippen LogP contribution in [-0.2, 0) is 4.74 Å². The molecule has 0 saturated carbocycles. The molecule has 1 saturated heterocycles. The van der Waals surface area contributed by atoms with Gasteiger partial charge in [-0.3, -0.25) is 4.79 Å². The number of amides is 1. The van der Waals surface area contributed by atoms with E-state index >= 15 is 0 Å². The van der Waals surface area contributed by atoms with Crippen LogP contribution in [0, 0.1) is 0 Å². The molecule has 0 bridgehead atoms. The molecule has 6 heteroatoms. The predicted octanol–water partition coefficient (Wildman–Crippen LogP) is 3.43. The number of carboxylic acid groups (broad SMARTS) is 1. The number of carboxylic acids is 1. The zero-order valence-electron chi connectivity index (χ0n) is 16.6. The summed E-state index contributed by atoms with van der Waals surface area (Å²) in [5.74, 6) is -1.09. The number of fused-ring (bicyclic) bond motifs is 1. The number of likely N-dealkylation sites (N-methyl/N-ethyl adjacent to an activating group) is 1. The number of rotatable bonds is 5. The third-order valence-corrected chi connectivity index (χ3v) is 5.59. The lowest BCUT2D eigenvalue weighted by Gasteiger charge is -2.29. The van der Waals surface area contributed by atoms with Gasteiger partial charge in [0.15, 0.2) is 0 Å². The van der Waals surface area contributed by atoms with E-state index in [2.05, 4.69) is 0 Å². The molecular formula is C24H23NO5. The molecule has 30 heavy (non-hydrogen) atoms. The minimum atomic E-state index is -0.958. The summed E-state index contributed by atoms with van der Waals surface area (Å²) in [4.78, 5) is 25.9. The number of aliphatic hydroxyl groups excluding tert-OH is 1. The number of carbonyl (C=O) groups excluding carboxylic acids is 1. The summed E-state index contributed by atoms with van der Waals surface area (Å²) in [7, 11) is 0. The van der Waals surface area contributed by atoms with Crippen LogP contribution in [0.15, 0.2) is 60.7 Å². The maximum absolute atomic E-state index is 13.1. The van der Waals surface area contributed by atoms with E-state index in [-0.39, 0.29) is 24.1 Å². The SMILES string of the molecule is CCN(C(=O)c1ccc2c(-c3ccc(C(=O)O)cc3)cccc2c1)[C@H]1COC[C@@H]1O. The first-order valence-electron chi connectivity index (χ1n) is 9.93. The summed E-state index contributed by atoms with van der Waals surface area (Å²) in [5, 5.41) is 21.1. The van der Waals surface area contributed by atoms with Crippen molar-refractivity contribution in [3.05, 3.63) is 71.8 Å². The maximum Gasteiger partial charge on any atom is 0.335 e. The predicted molar refractivity (Wildman–Crippen MR) is 114 cm³/mol. The number of ether oxygens (including phenoxy) is 1. The van der Waals surface area contributed by atoms with Crippen molar-refractivity contribution in [2.75, 3.05) is 19.8 Å². The highest BCUT2D eigenvalue weighted by Gasteiger charge is 2.34. The smallest absolute Gasteiger partial charge is 0.335 e. The van der Waals surface area contributed by atoms with Crippen molar-refractivity contribution in [2.45, 2.75) is 19.1 Å². The van der Waals surface area contributed by atoms with Gasteiger partial charge in [-0.1, -0.05) is 36.4 Å². The van der Waals surface area contributed by atoms with Gasteiger partial charge in [0.1, 0.15) is 0 Å². The lowest BCUT2D eigenvalue weighted by molar-refractivity contribution is 0.0520. The van der Waals surface area contributed by atoms with E-state index in [1.165, 1.54) is 0 Å². The molecule has 0 spiro atoms. The topological polar surface area (TPSA) is 87.1 Å². The van der Waals surface area contributed by atoms with Crippen molar-refractivity contribution in [1.82, 2.24) is 4.90 Å². The molecule has 1 aliphatic heterocycles. The highest BCUT2D eigenvalue weighted by Crippen LogP contribution is 2.30. The monoisotopic (exact) mass is 405 g/mol. The second-order valence-electron chi connectivity index (χ2n) is 7.39. The first-order valence-corrected chi connectivity index (χ1v) is 9.93. The average Bonchev–Trinajstić information content (AvgIpc) is 3.19. The number of benzene rings is 3. The molecular weight excluding hydrogens is 382 g/mol. The van der Waals surface area contributed by atoms with E-state index in [1.807, 2.05) is 37.3 Å². The van der Waals surface area contributed by atoms with Gasteiger partial charge in [0.25, 0.3) is 5.91 Å². The van der Waals surface area contributed by atoms with Crippen LogP contribution in [0.2, 0.25) is 0 Å². The Balaban J connectivity index is 1.68. The zero-order valence-corrected chi connectivity index (χ0v) is 16.6. The standard InChI is InChI=1S/C24H23NO5/c1-2-25(21-13-30-14-22(21)26)23(27)18-10-11-20-17(12-18)4-3-5-19(20)15-6-8-16(9-7-15)24(28)29/h3-12,21-22,26H,2,13-14H2,1H3,(H,28,29)/t21-,22-/m0/s1. The Bertz CT molecular complexity index is 1090. The second kappa shape index (κ2) is 8.26. The molecule has 1 amide bonds. The van der Waals surface area contributed by atoms with E-state index in [9.17, 15) is 14.7 Å². The maximum atomic E-state index is 13.1. The lowest BCUT2D eigenvalue weighted by Crippen LogP contribution is -2.46. The Labute approximate surface area is 174 Å². The molecule has 154 valence electrons. The Kier molecular flexibility index (Phi) is 5.53. The van der Waals surface area contributed by atoms with E-state index in [0.717, 1.165) is 21.9 Å². The minimum absolute atomic E-state index is 0.134. The lowest BCUT2D eigenvalue weighted by atomic mass is 9.96. The van der Waals surface area contributed by atoms with Crippen LogP contribution in [0.3, 0.4) is 0 Å². The number of hydrogen-bond acceptors (Lipinski definition) is 4. The van der Waals surface area contributed by atoms with Crippen molar-refractivity contribution >= 4 is 22.6 Å². The molecule has 0 aliphatic carbocycles. The molecule has 3 aromatic rings. The Morgan fingerprint density at radius 1 is 1.03 bits per heavy atom. The van der Waals surface area contributed by atoms with Crippen LogP contribution in [0.1, 0.15) is 27.6 Å². The van der Waals surface area contributed by atoms with E-state index in [4.69, 9.17) is 9.84 Å². The average molecular weight is 405 g/mol. The first kappa shape index (κ1) is 20.1. The fourth-order valence-electron chi connectivity index (χ4n) is 3.98. The van der Waals surface area contributed by atoms with Gasteiger partial charge in [0.05, 0.1) is 30.9 Å². The van der Waals surface area contributed by atoms with Crippen molar-refractivity contribution in [2.24, 2.45) is 0 Å². The van der Waals surface area contributed by atoms with Crippen LogP contribution in [0.25, 0.3) is 21.9 Å². The number of carbonyl (C=O) groups is 2. The fraction of sp³-hybridized carbons (Fsp3) is 0.250. The van der Waals surface area contributed by atoms with Gasteiger partial charge in [0.2, 0.25) is 0 Å². The van der Waals surface area contributed by atoms with Crippen LogP contribution in [-0.4, -0.2) is 58.9 Å². The summed E-state index contributed by atoms with van der Waals surface area (Å²) >= 11 is 0. The molecule has 2 atom stereocenters. The molecule has 0 radical (unpaired) electrons. The molecule has 2 N–H and O–H groups in total. The van der Waals surface area contributed by atoms with Gasteiger partial charge in [-0.05, 0) is 53.1 Å². The molecule has 0 unspecified atom stereocenters. The van der Waals surface area contributed by atoms with Crippen LogP contribution < -0.4 is 0 Å². The highest BCUT2D eigenvalue weighted by molar-refractivity contribution is 6.03. The number of hydrogen-bond donors (Lipinski definition) is 2. The van der Waals surface area contributed by atoms with Crippen LogP contribution >= 0.6 is 0 Å². The molecule has 1 heterocycles. The third-order valence-electron chi connectivity index (χ3n) is 5.59. The summed E-state index contributed by atoms with van der Waals surface area (Å²) in [6.07, 6.45) is -0.672. The van der Waals surface area contributed by atoms with Gasteiger partial charge in [0, 0.05) is 12.1 Å². The van der Waals surface area contributed by atoms with Gasteiger partial charge < -0.3 is 19.8 Å². The summed E-state index contributed by atoms with van der Waals surface area (Å²) in [6.45, 7) is 2.96. The van der Waals surface area contributed by atoms with Crippen molar-refractivity contribution < 1.29 is 24.5 Å². The summed E-state index contributed by atoms with van der Waals surface area (Å²) in [5.41, 5.74) is 2.67. The van der Waals surface area contributed by atoms with Crippen LogP contribution in [0.5, 0.6) is 0 Å². The number of aromatic carboxylic acids is 1. The van der Waals surface area contributed by atoms with Gasteiger partial charge in [-0.2, -0.15) is 0 Å². The molecule has 1 aliphatic rings. The van der Waals surface area contributed by atoms with Crippen molar-refractivity contribution in [1.29, 1.82) is 0 Å². The second-order valence-corrected chi connectivity index (χ2v) is 7.39. The molecule has 0 aromatic heterocycles. The molecule has 3 aromatic carbocycles. The number of nitrogens with zero attached hydrogens (tertiary/aromatic N) is 1. The zero-order chi connectivity index (χ0) is 21.3. The molecule has 1 fully saturated rings. The largest absolute Gasteiger partial charge is 0.478 e. The fourth-order valence-corrected chi connectivity index (χ4v) is 3.98. The quantitative estimate of drug-likeness (QED) is 0.679. The molecule has 4 rings (SSSR count). The van der Waals surface area contributed by atoms with E-state index < -0.39 is 12.1 Å². The number of aliphatic hydroxyl groups is 1. The Hall–Kier alpha value is -3.22. The van der Waals surface area contributed by atoms with Gasteiger partial charge >= 0.3 is 5.97 Å². The van der Waals surface area contributed by atoms with Crippen molar-refractivity contribution in [3.63, 3.8) is 0 Å². The van der Waals surface area contributed by atoms with Crippen molar-refractivity contribution in [3.8, 4) is 11.1 Å². The molecule has 6 nitrogen and oxygen atoms in total. The van der Waals surface area contributed by atoms with Crippen LogP contribution in [0.4, 0.5) is 0 Å². The highest BCUT2D eigenvalue weighted by atomic mass is 16.5. The first-order chi connectivity index (χ1) is 14.5. The normalized spacial score (nSPS) is 18.5. The van der Waals surface area contributed by atoms with Gasteiger partial charge in [-0.15, -0.1) is 0 Å². The summed E-state index contributed by atoms with van der Waals surface area (Å²) < 4.78 is 5.32. The van der Waals surface area contributed by atoms with E-state index in [0.29, 0.717) is 18.7 Å². The minimum Gasteiger partial charge on any atom is -0.478 e. The van der Waals surface area contributed by atoms with Gasteiger partial charge in [-0.25, -0.2) is 4.79 Å². The third kappa shape index (κ3) is 3.67. The van der Waals surface area contributed by atoms with E-state index in [1.54, 1.807) is 35.2 Å². The Morgan fingerprint density at radius 2 is 1.77 bits per heavy atom. The summed E-state index contributed by atoms with van der Waals surface area (Å²) in [6, 6.07) is 17.8. The Morgan fingerprint density at radius 3 is 2.40 bits per heavy atom.